The van der Waals surface area contributed by atoms with Gasteiger partial charge in [0.25, 0.3) is 0 Å². The van der Waals surface area contributed by atoms with E-state index in [4.69, 9.17) is 5.11 Å². The lowest BCUT2D eigenvalue weighted by Gasteiger charge is -2.16. The predicted octanol–water partition coefficient (Wildman–Crippen LogP) is 1.42. The molecule has 0 aliphatic carbocycles. The van der Waals surface area contributed by atoms with Crippen molar-refractivity contribution in [1.29, 1.82) is 0 Å². The lowest BCUT2D eigenvalue weighted by Crippen LogP contribution is -2.41. The number of anilines is 1. The minimum atomic E-state index is -1.07. The van der Waals surface area contributed by atoms with Gasteiger partial charge >= 0.3 is 5.97 Å². The van der Waals surface area contributed by atoms with Gasteiger partial charge in [-0.15, -0.1) is 0 Å². The van der Waals surface area contributed by atoms with Crippen molar-refractivity contribution in [3.63, 3.8) is 0 Å². The molecule has 1 rings (SSSR count). The number of nitrogens with one attached hydrogen (secondary N) is 2. The summed E-state index contributed by atoms with van der Waals surface area (Å²) in [6, 6.07) is 5.35. The standard InChI is InChI=1S/C14H20N2O4/c1-9(2)8-15-11(14(19)20)7-13(18)16-10-5-3-4-6-12(10)17/h3-6,9,11,15,17H,7-8H2,1-2H3,(H,16,18)(H,19,20). The molecule has 0 radical (unpaired) electrons. The van der Waals surface area contributed by atoms with Crippen LogP contribution in [0.4, 0.5) is 5.69 Å². The number of carbonyl (C=O) groups excluding carboxylic acids is 1. The van der Waals surface area contributed by atoms with Crippen LogP contribution in [0, 0.1) is 5.92 Å². The molecule has 0 saturated carbocycles. The van der Waals surface area contributed by atoms with E-state index < -0.39 is 17.9 Å². The number of amides is 1. The summed E-state index contributed by atoms with van der Waals surface area (Å²) in [6.45, 7) is 4.42. The zero-order valence-electron chi connectivity index (χ0n) is 11.6. The molecule has 20 heavy (non-hydrogen) atoms. The minimum absolute atomic E-state index is 0.0529. The third-order valence-corrected chi connectivity index (χ3v) is 2.64. The van der Waals surface area contributed by atoms with Crippen molar-refractivity contribution in [2.45, 2.75) is 26.3 Å². The fourth-order valence-corrected chi connectivity index (χ4v) is 1.59. The second kappa shape index (κ2) is 7.49. The predicted molar refractivity (Wildman–Crippen MR) is 75.6 cm³/mol. The molecule has 0 aliphatic rings. The second-order valence-electron chi connectivity index (χ2n) is 4.96. The highest BCUT2D eigenvalue weighted by Gasteiger charge is 2.21. The first-order valence-corrected chi connectivity index (χ1v) is 6.44. The van der Waals surface area contributed by atoms with Crippen LogP contribution in [0.15, 0.2) is 24.3 Å². The average Bonchev–Trinajstić information content (AvgIpc) is 2.36. The molecule has 4 N–H and O–H groups in total. The van der Waals surface area contributed by atoms with Crippen molar-refractivity contribution in [2.24, 2.45) is 5.92 Å². The first-order chi connectivity index (χ1) is 9.40. The zero-order valence-corrected chi connectivity index (χ0v) is 11.6. The zero-order chi connectivity index (χ0) is 15.1. The van der Waals surface area contributed by atoms with Gasteiger partial charge in [-0.25, -0.2) is 0 Å². The SMILES string of the molecule is CC(C)CNC(CC(=O)Nc1ccccc1O)C(=O)O. The summed E-state index contributed by atoms with van der Waals surface area (Å²) < 4.78 is 0. The highest BCUT2D eigenvalue weighted by molar-refractivity contribution is 5.95. The first-order valence-electron chi connectivity index (χ1n) is 6.44. The molecule has 1 aromatic rings. The summed E-state index contributed by atoms with van der Waals surface area (Å²) in [6.07, 6.45) is -0.198. The van der Waals surface area contributed by atoms with E-state index in [0.717, 1.165) is 0 Å². The number of carbonyl (C=O) groups is 2. The summed E-state index contributed by atoms with van der Waals surface area (Å²) in [5, 5.41) is 23.9. The van der Waals surface area contributed by atoms with Crippen LogP contribution in [0.1, 0.15) is 20.3 Å². The molecule has 6 heteroatoms. The molecule has 0 aromatic heterocycles. The Balaban J connectivity index is 2.58. The Bertz CT molecular complexity index is 474. The van der Waals surface area contributed by atoms with Crippen LogP contribution in [-0.2, 0) is 9.59 Å². The second-order valence-corrected chi connectivity index (χ2v) is 4.96. The molecule has 0 aliphatic heterocycles. The number of phenols is 1. The molecule has 0 bridgehead atoms. The Morgan fingerprint density at radius 1 is 1.25 bits per heavy atom. The summed E-state index contributed by atoms with van der Waals surface area (Å²) in [5.74, 6) is -1.30. The van der Waals surface area contributed by atoms with E-state index in [9.17, 15) is 14.7 Å². The Hall–Kier alpha value is -2.08. The average molecular weight is 280 g/mol. The van der Waals surface area contributed by atoms with Gasteiger partial charge in [0.05, 0.1) is 12.1 Å². The van der Waals surface area contributed by atoms with Gasteiger partial charge in [-0.05, 0) is 24.6 Å². The number of carboxylic acids is 1. The molecule has 0 saturated heterocycles. The number of aliphatic carboxylic acids is 1. The third-order valence-electron chi connectivity index (χ3n) is 2.64. The third kappa shape index (κ3) is 5.27. The van der Waals surface area contributed by atoms with Gasteiger partial charge in [-0.2, -0.15) is 0 Å². The molecule has 0 heterocycles. The van der Waals surface area contributed by atoms with Crippen LogP contribution in [0.2, 0.25) is 0 Å². The van der Waals surface area contributed by atoms with E-state index in [1.165, 1.54) is 6.07 Å². The van der Waals surface area contributed by atoms with E-state index in [-0.39, 0.29) is 23.8 Å². The van der Waals surface area contributed by atoms with E-state index in [1.54, 1.807) is 18.2 Å². The number of para-hydroxylation sites is 2. The van der Waals surface area contributed by atoms with E-state index in [0.29, 0.717) is 6.54 Å². The van der Waals surface area contributed by atoms with Gasteiger partial charge in [0.2, 0.25) is 5.91 Å². The highest BCUT2D eigenvalue weighted by Crippen LogP contribution is 2.21. The van der Waals surface area contributed by atoms with Gasteiger partial charge in [0.1, 0.15) is 11.8 Å². The van der Waals surface area contributed by atoms with E-state index in [2.05, 4.69) is 10.6 Å². The van der Waals surface area contributed by atoms with Gasteiger partial charge in [-0.1, -0.05) is 26.0 Å². The van der Waals surface area contributed by atoms with Crippen molar-refractivity contribution in [3.8, 4) is 5.75 Å². The molecule has 1 atom stereocenters. The summed E-state index contributed by atoms with van der Waals surface area (Å²) in [4.78, 5) is 22.9. The van der Waals surface area contributed by atoms with Crippen molar-refractivity contribution in [2.75, 3.05) is 11.9 Å². The molecule has 1 aromatic carbocycles. The molecular formula is C14H20N2O4. The Labute approximate surface area is 117 Å². The molecule has 1 unspecified atom stereocenters. The summed E-state index contributed by atoms with van der Waals surface area (Å²) in [5.41, 5.74) is 0.269. The first kappa shape index (κ1) is 16.0. The fourth-order valence-electron chi connectivity index (χ4n) is 1.59. The monoisotopic (exact) mass is 280 g/mol. The molecule has 1 amide bonds. The number of phenolic OH excluding ortho intramolecular Hbond substituents is 1. The number of hydrogen-bond acceptors (Lipinski definition) is 4. The largest absolute Gasteiger partial charge is 0.506 e. The van der Waals surface area contributed by atoms with Crippen LogP contribution in [0.5, 0.6) is 5.75 Å². The minimum Gasteiger partial charge on any atom is -0.506 e. The van der Waals surface area contributed by atoms with Crippen molar-refractivity contribution in [3.05, 3.63) is 24.3 Å². The smallest absolute Gasteiger partial charge is 0.321 e. The lowest BCUT2D eigenvalue weighted by molar-refractivity contribution is -0.141. The van der Waals surface area contributed by atoms with Crippen LogP contribution >= 0.6 is 0 Å². The van der Waals surface area contributed by atoms with Crippen molar-refractivity contribution >= 4 is 17.6 Å². The van der Waals surface area contributed by atoms with E-state index >= 15 is 0 Å². The van der Waals surface area contributed by atoms with Gasteiger partial charge in [-0.3, -0.25) is 9.59 Å². The van der Waals surface area contributed by atoms with Crippen LogP contribution in [-0.4, -0.2) is 34.7 Å². The van der Waals surface area contributed by atoms with Crippen molar-refractivity contribution in [1.82, 2.24) is 5.32 Å². The van der Waals surface area contributed by atoms with Crippen LogP contribution in [0.3, 0.4) is 0 Å². The number of rotatable bonds is 7. The van der Waals surface area contributed by atoms with Crippen molar-refractivity contribution < 1.29 is 19.8 Å². The van der Waals surface area contributed by atoms with Gasteiger partial charge in [0, 0.05) is 0 Å². The highest BCUT2D eigenvalue weighted by atomic mass is 16.4. The van der Waals surface area contributed by atoms with E-state index in [1.807, 2.05) is 13.8 Å². The quantitative estimate of drug-likeness (QED) is 0.566. The summed E-state index contributed by atoms with van der Waals surface area (Å²) >= 11 is 0. The molecule has 6 nitrogen and oxygen atoms in total. The number of carboxylic acid groups (broad SMARTS) is 1. The topological polar surface area (TPSA) is 98.7 Å². The van der Waals surface area contributed by atoms with Gasteiger partial charge < -0.3 is 20.8 Å². The maximum absolute atomic E-state index is 11.8. The van der Waals surface area contributed by atoms with Gasteiger partial charge in [0.15, 0.2) is 0 Å². The Kier molecular flexibility index (Phi) is 5.99. The fraction of sp³-hybridized carbons (Fsp3) is 0.429. The molecule has 110 valence electrons. The summed E-state index contributed by atoms with van der Waals surface area (Å²) in [7, 11) is 0. The molecule has 0 fully saturated rings. The number of hydrogen-bond donors (Lipinski definition) is 4. The number of aromatic hydroxyl groups is 1. The lowest BCUT2D eigenvalue weighted by atomic mass is 10.1. The Morgan fingerprint density at radius 2 is 1.90 bits per heavy atom. The molecule has 0 spiro atoms. The number of benzene rings is 1. The maximum atomic E-state index is 11.8. The van der Waals surface area contributed by atoms with Crippen LogP contribution in [0.25, 0.3) is 0 Å². The maximum Gasteiger partial charge on any atom is 0.321 e. The molecular weight excluding hydrogens is 260 g/mol. The van der Waals surface area contributed by atoms with Crippen LogP contribution < -0.4 is 10.6 Å². The Morgan fingerprint density at radius 3 is 2.45 bits per heavy atom. The normalized spacial score (nSPS) is 12.2.